The Bertz CT molecular complexity index is 1020. The van der Waals surface area contributed by atoms with E-state index in [-0.39, 0.29) is 23.8 Å². The van der Waals surface area contributed by atoms with Gasteiger partial charge in [-0.3, -0.25) is 14.4 Å². The molecule has 0 saturated carbocycles. The second-order valence-corrected chi connectivity index (χ2v) is 8.68. The highest BCUT2D eigenvalue weighted by Gasteiger charge is 2.54. The molecular formula is C23H26N4O3. The van der Waals surface area contributed by atoms with Gasteiger partial charge in [-0.25, -0.2) is 4.98 Å². The van der Waals surface area contributed by atoms with Crippen LogP contribution in [0, 0.1) is 5.41 Å². The fourth-order valence-corrected chi connectivity index (χ4v) is 5.24. The van der Waals surface area contributed by atoms with Crippen molar-refractivity contribution in [3.63, 3.8) is 0 Å². The number of carbonyl (C=O) groups excluding carboxylic acids is 3. The molecule has 1 N–H and O–H groups in total. The molecule has 1 aromatic heterocycles. The number of carbonyl (C=O) groups is 3. The summed E-state index contributed by atoms with van der Waals surface area (Å²) in [5, 5.41) is 4.04. The number of nitrogens with one attached hydrogen (secondary N) is 1. The summed E-state index contributed by atoms with van der Waals surface area (Å²) in [5.41, 5.74) is 0.449. The summed E-state index contributed by atoms with van der Waals surface area (Å²) >= 11 is 0. The number of para-hydroxylation sites is 1. The molecule has 0 spiro atoms. The average molecular weight is 406 g/mol. The number of aromatic nitrogens is 1. The number of piperidine rings is 2. The van der Waals surface area contributed by atoms with E-state index in [0.29, 0.717) is 38.0 Å². The lowest BCUT2D eigenvalue weighted by molar-refractivity contribution is -0.151. The van der Waals surface area contributed by atoms with E-state index < -0.39 is 5.41 Å². The minimum Gasteiger partial charge on any atom is -0.352 e. The Morgan fingerprint density at radius 3 is 2.67 bits per heavy atom. The summed E-state index contributed by atoms with van der Waals surface area (Å²) in [5.74, 6) is -0.0560. The highest BCUT2D eigenvalue weighted by atomic mass is 16.2. The van der Waals surface area contributed by atoms with Crippen LogP contribution in [-0.4, -0.2) is 64.7 Å². The van der Waals surface area contributed by atoms with Gasteiger partial charge in [-0.1, -0.05) is 24.3 Å². The average Bonchev–Trinajstić information content (AvgIpc) is 3.32. The lowest BCUT2D eigenvalue weighted by Crippen LogP contribution is -2.67. The zero-order chi connectivity index (χ0) is 20.7. The topological polar surface area (TPSA) is 82.6 Å². The van der Waals surface area contributed by atoms with E-state index in [1.165, 1.54) is 0 Å². The number of amides is 3. The summed E-state index contributed by atoms with van der Waals surface area (Å²) in [4.78, 5) is 47.2. The number of hydrogen-bond donors (Lipinski definition) is 1. The van der Waals surface area contributed by atoms with Gasteiger partial charge in [0.2, 0.25) is 11.8 Å². The first kappa shape index (κ1) is 19.0. The Morgan fingerprint density at radius 1 is 1.03 bits per heavy atom. The van der Waals surface area contributed by atoms with Gasteiger partial charge < -0.3 is 15.1 Å². The second-order valence-electron chi connectivity index (χ2n) is 8.68. The molecule has 2 unspecified atom stereocenters. The third-order valence-electron chi connectivity index (χ3n) is 6.89. The fourth-order valence-electron chi connectivity index (χ4n) is 5.24. The lowest BCUT2D eigenvalue weighted by Gasteiger charge is -2.50. The molecule has 2 aromatic rings. The molecule has 7 heteroatoms. The molecule has 3 saturated heterocycles. The van der Waals surface area contributed by atoms with Crippen LogP contribution in [0.1, 0.15) is 42.6 Å². The highest BCUT2D eigenvalue weighted by Crippen LogP contribution is 2.40. The molecule has 2 atom stereocenters. The smallest absolute Gasteiger partial charge is 0.272 e. The van der Waals surface area contributed by atoms with Gasteiger partial charge in [-0.15, -0.1) is 0 Å². The number of hydrogen-bond acceptors (Lipinski definition) is 4. The molecule has 0 aliphatic carbocycles. The van der Waals surface area contributed by atoms with Gasteiger partial charge in [-0.2, -0.15) is 0 Å². The van der Waals surface area contributed by atoms with Crippen LogP contribution in [0.3, 0.4) is 0 Å². The standard InChI is InChI=1S/C23H26N4O3/c28-20-9-11-23(22(30)26-12-3-4-13-26)15-27(14-10-19(23)25-20)21(29)18-8-7-16-5-1-2-6-17(16)24-18/h1-2,5-8,19H,3-4,9-15H2,(H,25,28). The zero-order valence-corrected chi connectivity index (χ0v) is 17.0. The molecule has 3 amide bonds. The first-order valence-electron chi connectivity index (χ1n) is 10.8. The Balaban J connectivity index is 1.44. The van der Waals surface area contributed by atoms with E-state index in [1.54, 1.807) is 11.0 Å². The fraction of sp³-hybridized carbons (Fsp3) is 0.478. The van der Waals surface area contributed by atoms with E-state index in [1.807, 2.05) is 35.2 Å². The maximum absolute atomic E-state index is 13.6. The van der Waals surface area contributed by atoms with Crippen molar-refractivity contribution < 1.29 is 14.4 Å². The van der Waals surface area contributed by atoms with Gasteiger partial charge in [0, 0.05) is 44.0 Å². The molecule has 30 heavy (non-hydrogen) atoms. The van der Waals surface area contributed by atoms with Crippen LogP contribution in [0.15, 0.2) is 36.4 Å². The van der Waals surface area contributed by atoms with Crippen LogP contribution in [0.2, 0.25) is 0 Å². The van der Waals surface area contributed by atoms with Crippen molar-refractivity contribution in [2.24, 2.45) is 5.41 Å². The summed E-state index contributed by atoms with van der Waals surface area (Å²) in [6, 6.07) is 11.2. The van der Waals surface area contributed by atoms with Gasteiger partial charge in [0.1, 0.15) is 5.69 Å². The Morgan fingerprint density at radius 2 is 1.83 bits per heavy atom. The molecule has 3 aliphatic heterocycles. The first-order valence-corrected chi connectivity index (χ1v) is 10.8. The van der Waals surface area contributed by atoms with E-state index in [0.717, 1.165) is 36.8 Å². The van der Waals surface area contributed by atoms with Gasteiger partial charge in [0.05, 0.1) is 10.9 Å². The van der Waals surface area contributed by atoms with Crippen LogP contribution in [0.4, 0.5) is 0 Å². The van der Waals surface area contributed by atoms with Crippen LogP contribution < -0.4 is 5.32 Å². The maximum Gasteiger partial charge on any atom is 0.272 e. The Hall–Kier alpha value is -2.96. The summed E-state index contributed by atoms with van der Waals surface area (Å²) in [7, 11) is 0. The largest absolute Gasteiger partial charge is 0.352 e. The first-order chi connectivity index (χ1) is 14.6. The van der Waals surface area contributed by atoms with Crippen molar-refractivity contribution in [2.45, 2.75) is 38.1 Å². The van der Waals surface area contributed by atoms with Crippen molar-refractivity contribution in [3.8, 4) is 0 Å². The third kappa shape index (κ3) is 3.13. The van der Waals surface area contributed by atoms with Gasteiger partial charge in [0.15, 0.2) is 0 Å². The molecule has 3 aliphatic rings. The van der Waals surface area contributed by atoms with Crippen LogP contribution in [-0.2, 0) is 9.59 Å². The predicted molar refractivity (Wildman–Crippen MR) is 112 cm³/mol. The van der Waals surface area contributed by atoms with Crippen molar-refractivity contribution >= 4 is 28.6 Å². The van der Waals surface area contributed by atoms with Crippen LogP contribution >= 0.6 is 0 Å². The third-order valence-corrected chi connectivity index (χ3v) is 6.89. The number of likely N-dealkylation sites (tertiary alicyclic amines) is 2. The second kappa shape index (κ2) is 7.38. The maximum atomic E-state index is 13.6. The summed E-state index contributed by atoms with van der Waals surface area (Å²) < 4.78 is 0. The van der Waals surface area contributed by atoms with E-state index >= 15 is 0 Å². The minimum atomic E-state index is -0.733. The van der Waals surface area contributed by atoms with Crippen LogP contribution in [0.5, 0.6) is 0 Å². The molecule has 5 rings (SSSR count). The van der Waals surface area contributed by atoms with Crippen molar-refractivity contribution in [1.29, 1.82) is 0 Å². The number of fused-ring (bicyclic) bond motifs is 2. The Kier molecular flexibility index (Phi) is 4.68. The highest BCUT2D eigenvalue weighted by molar-refractivity contribution is 5.96. The molecule has 1 aromatic carbocycles. The lowest BCUT2D eigenvalue weighted by atomic mass is 9.69. The normalized spacial score (nSPS) is 26.4. The van der Waals surface area contributed by atoms with Crippen molar-refractivity contribution in [2.75, 3.05) is 26.2 Å². The molecule has 0 radical (unpaired) electrons. The number of nitrogens with zero attached hydrogens (tertiary/aromatic N) is 3. The number of pyridine rings is 1. The van der Waals surface area contributed by atoms with E-state index in [4.69, 9.17) is 0 Å². The predicted octanol–water partition coefficient (Wildman–Crippen LogP) is 1.97. The molecule has 0 bridgehead atoms. The van der Waals surface area contributed by atoms with Crippen molar-refractivity contribution in [1.82, 2.24) is 20.1 Å². The van der Waals surface area contributed by atoms with Gasteiger partial charge in [0.25, 0.3) is 5.91 Å². The van der Waals surface area contributed by atoms with Gasteiger partial charge in [-0.05, 0) is 37.8 Å². The monoisotopic (exact) mass is 406 g/mol. The summed E-state index contributed by atoms with van der Waals surface area (Å²) in [6.45, 7) is 2.37. The Labute approximate surface area is 175 Å². The van der Waals surface area contributed by atoms with Crippen LogP contribution in [0.25, 0.3) is 10.9 Å². The molecular weight excluding hydrogens is 380 g/mol. The number of benzene rings is 1. The molecule has 156 valence electrons. The summed E-state index contributed by atoms with van der Waals surface area (Å²) in [6.07, 6.45) is 3.44. The molecule has 4 heterocycles. The molecule has 3 fully saturated rings. The number of rotatable bonds is 2. The van der Waals surface area contributed by atoms with E-state index in [2.05, 4.69) is 10.3 Å². The molecule has 7 nitrogen and oxygen atoms in total. The van der Waals surface area contributed by atoms with Gasteiger partial charge >= 0.3 is 0 Å². The van der Waals surface area contributed by atoms with E-state index in [9.17, 15) is 14.4 Å². The zero-order valence-electron chi connectivity index (χ0n) is 17.0. The minimum absolute atomic E-state index is 0.000759. The van der Waals surface area contributed by atoms with Crippen molar-refractivity contribution in [3.05, 3.63) is 42.1 Å². The quantitative estimate of drug-likeness (QED) is 0.827. The SMILES string of the molecule is O=C1CCC2(C(=O)N3CCCC3)CN(C(=O)c3ccc4ccccc4n3)CCC2N1.